The monoisotopic (exact) mass is 263 g/mol. The van der Waals surface area contributed by atoms with Gasteiger partial charge in [-0.2, -0.15) is 0 Å². The van der Waals surface area contributed by atoms with Gasteiger partial charge >= 0.3 is 0 Å². The van der Waals surface area contributed by atoms with Crippen molar-refractivity contribution in [3.8, 4) is 0 Å². The van der Waals surface area contributed by atoms with Crippen LogP contribution in [0.1, 0.15) is 23.0 Å². The van der Waals surface area contributed by atoms with Crippen LogP contribution in [0.25, 0.3) is 0 Å². The van der Waals surface area contributed by atoms with Crippen molar-refractivity contribution in [1.29, 1.82) is 0 Å². The summed E-state index contributed by atoms with van der Waals surface area (Å²) in [7, 11) is 1.73. The number of aryl methyl sites for hydroxylation is 1. The van der Waals surface area contributed by atoms with E-state index in [9.17, 15) is 8.78 Å². The highest BCUT2D eigenvalue weighted by Crippen LogP contribution is 2.20. The third-order valence-electron chi connectivity index (χ3n) is 2.98. The summed E-state index contributed by atoms with van der Waals surface area (Å²) < 4.78 is 27.2. The Bertz CT molecular complexity index is 535. The quantitative estimate of drug-likeness (QED) is 0.921. The van der Waals surface area contributed by atoms with Crippen LogP contribution in [0.5, 0.6) is 0 Å². The molecular formula is C14H15F2N3. The highest BCUT2D eigenvalue weighted by atomic mass is 19.1. The zero-order valence-corrected chi connectivity index (χ0v) is 10.8. The second-order valence-corrected chi connectivity index (χ2v) is 4.33. The average Bonchev–Trinajstić information content (AvgIpc) is 2.40. The molecule has 0 fully saturated rings. The molecule has 0 spiro atoms. The van der Waals surface area contributed by atoms with E-state index in [0.717, 1.165) is 5.69 Å². The van der Waals surface area contributed by atoms with Gasteiger partial charge in [0.1, 0.15) is 11.6 Å². The summed E-state index contributed by atoms with van der Waals surface area (Å²) in [5.41, 5.74) is 1.52. The van der Waals surface area contributed by atoms with Crippen molar-refractivity contribution in [3.05, 3.63) is 59.2 Å². The summed E-state index contributed by atoms with van der Waals surface area (Å²) in [5, 5.41) is 3.00. The van der Waals surface area contributed by atoms with E-state index in [1.165, 1.54) is 18.2 Å². The molecule has 0 saturated heterocycles. The number of nitrogens with zero attached hydrogens (tertiary/aromatic N) is 2. The predicted molar refractivity (Wildman–Crippen MR) is 68.6 cm³/mol. The zero-order chi connectivity index (χ0) is 13.8. The summed E-state index contributed by atoms with van der Waals surface area (Å²) in [6.07, 6.45) is 3.44. The molecule has 0 bridgehead atoms. The lowest BCUT2D eigenvalue weighted by molar-refractivity contribution is 0.508. The van der Waals surface area contributed by atoms with Crippen LogP contribution in [0.2, 0.25) is 0 Å². The Morgan fingerprint density at radius 2 is 1.84 bits per heavy atom. The number of hydrogen-bond donors (Lipinski definition) is 1. The maximum atomic E-state index is 13.6. The Balaban J connectivity index is 2.26. The number of benzene rings is 1. The first-order chi connectivity index (χ1) is 9.11. The van der Waals surface area contributed by atoms with Crippen molar-refractivity contribution in [1.82, 2.24) is 15.3 Å². The SMILES string of the molecule is CNC(Cc1c(F)cccc1F)c1cnc(C)cn1. The second-order valence-electron chi connectivity index (χ2n) is 4.33. The van der Waals surface area contributed by atoms with Crippen molar-refractivity contribution >= 4 is 0 Å². The predicted octanol–water partition coefficient (Wildman–Crippen LogP) is 2.57. The van der Waals surface area contributed by atoms with E-state index in [2.05, 4.69) is 15.3 Å². The number of hydrogen-bond acceptors (Lipinski definition) is 3. The van der Waals surface area contributed by atoms with Crippen LogP contribution in [0.15, 0.2) is 30.6 Å². The molecule has 1 aromatic carbocycles. The molecule has 1 aromatic heterocycles. The van der Waals surface area contributed by atoms with Gasteiger partial charge in [0.15, 0.2) is 0 Å². The zero-order valence-electron chi connectivity index (χ0n) is 10.8. The standard InChI is InChI=1S/C14H15F2N3/c1-9-7-19-14(8-18-9)13(17-2)6-10-11(15)4-3-5-12(10)16/h3-5,7-8,13,17H,6H2,1-2H3. The van der Waals surface area contributed by atoms with Crippen LogP contribution in [-0.4, -0.2) is 17.0 Å². The van der Waals surface area contributed by atoms with Crippen molar-refractivity contribution in [3.63, 3.8) is 0 Å². The largest absolute Gasteiger partial charge is 0.311 e. The molecule has 1 heterocycles. The molecule has 0 aliphatic heterocycles. The van der Waals surface area contributed by atoms with Crippen LogP contribution in [0.3, 0.4) is 0 Å². The lowest BCUT2D eigenvalue weighted by Gasteiger charge is -2.16. The van der Waals surface area contributed by atoms with Gasteiger partial charge in [-0.3, -0.25) is 9.97 Å². The Labute approximate surface area is 110 Å². The lowest BCUT2D eigenvalue weighted by atomic mass is 10.0. The van der Waals surface area contributed by atoms with Crippen LogP contribution in [-0.2, 0) is 6.42 Å². The number of aromatic nitrogens is 2. The van der Waals surface area contributed by atoms with Crippen LogP contribution in [0.4, 0.5) is 8.78 Å². The van der Waals surface area contributed by atoms with Crippen molar-refractivity contribution in [2.45, 2.75) is 19.4 Å². The Morgan fingerprint density at radius 3 is 2.37 bits per heavy atom. The number of halogens is 2. The minimum absolute atomic E-state index is 0.0595. The van der Waals surface area contributed by atoms with Gasteiger partial charge in [-0.15, -0.1) is 0 Å². The van der Waals surface area contributed by atoms with E-state index in [1.807, 2.05) is 6.92 Å². The van der Waals surface area contributed by atoms with E-state index in [1.54, 1.807) is 19.4 Å². The van der Waals surface area contributed by atoms with Gasteiger partial charge in [-0.1, -0.05) is 6.07 Å². The molecule has 2 aromatic rings. The third-order valence-corrected chi connectivity index (χ3v) is 2.98. The molecule has 100 valence electrons. The van der Waals surface area contributed by atoms with Gasteiger partial charge in [-0.05, 0) is 32.5 Å². The maximum absolute atomic E-state index is 13.6. The average molecular weight is 263 g/mol. The fourth-order valence-electron chi connectivity index (χ4n) is 1.87. The van der Waals surface area contributed by atoms with E-state index < -0.39 is 11.6 Å². The third kappa shape index (κ3) is 3.12. The second kappa shape index (κ2) is 5.84. The summed E-state index contributed by atoms with van der Waals surface area (Å²) in [6, 6.07) is 3.59. The van der Waals surface area contributed by atoms with Crippen molar-refractivity contribution < 1.29 is 8.78 Å². The minimum atomic E-state index is -0.541. The van der Waals surface area contributed by atoms with Crippen molar-refractivity contribution in [2.75, 3.05) is 7.05 Å². The molecule has 0 amide bonds. The van der Waals surface area contributed by atoms with Gasteiger partial charge in [0.25, 0.3) is 0 Å². The van der Waals surface area contributed by atoms with E-state index in [4.69, 9.17) is 0 Å². The fourth-order valence-corrected chi connectivity index (χ4v) is 1.87. The molecule has 0 saturated carbocycles. The van der Waals surface area contributed by atoms with Crippen LogP contribution in [0, 0.1) is 18.6 Å². The highest BCUT2D eigenvalue weighted by Gasteiger charge is 2.17. The molecule has 3 nitrogen and oxygen atoms in total. The van der Waals surface area contributed by atoms with Gasteiger partial charge in [0.2, 0.25) is 0 Å². The Morgan fingerprint density at radius 1 is 1.16 bits per heavy atom. The van der Waals surface area contributed by atoms with Crippen molar-refractivity contribution in [2.24, 2.45) is 0 Å². The first kappa shape index (κ1) is 13.5. The number of likely N-dealkylation sites (N-methyl/N-ethyl adjacent to an activating group) is 1. The normalized spacial score (nSPS) is 12.4. The molecule has 0 aliphatic rings. The Hall–Kier alpha value is -1.88. The van der Waals surface area contributed by atoms with Crippen LogP contribution >= 0.6 is 0 Å². The summed E-state index contributed by atoms with van der Waals surface area (Å²) in [5.74, 6) is -1.08. The van der Waals surface area contributed by atoms with Gasteiger partial charge in [-0.25, -0.2) is 8.78 Å². The smallest absolute Gasteiger partial charge is 0.129 e. The molecule has 1 atom stereocenters. The fraction of sp³-hybridized carbons (Fsp3) is 0.286. The lowest BCUT2D eigenvalue weighted by Crippen LogP contribution is -2.21. The van der Waals surface area contributed by atoms with E-state index in [0.29, 0.717) is 5.69 Å². The molecule has 19 heavy (non-hydrogen) atoms. The molecule has 0 radical (unpaired) electrons. The molecule has 2 rings (SSSR count). The first-order valence-electron chi connectivity index (χ1n) is 6.00. The molecule has 5 heteroatoms. The molecular weight excluding hydrogens is 248 g/mol. The number of nitrogens with one attached hydrogen (secondary N) is 1. The molecule has 1 unspecified atom stereocenters. The summed E-state index contributed by atoms with van der Waals surface area (Å²) in [6.45, 7) is 1.84. The molecule has 1 N–H and O–H groups in total. The topological polar surface area (TPSA) is 37.8 Å². The highest BCUT2D eigenvalue weighted by molar-refractivity contribution is 5.22. The first-order valence-corrected chi connectivity index (χ1v) is 6.00. The molecule has 0 aliphatic carbocycles. The minimum Gasteiger partial charge on any atom is -0.311 e. The van der Waals surface area contributed by atoms with E-state index >= 15 is 0 Å². The Kier molecular flexibility index (Phi) is 4.16. The summed E-state index contributed by atoms with van der Waals surface area (Å²) >= 11 is 0. The van der Waals surface area contributed by atoms with Gasteiger partial charge in [0, 0.05) is 11.8 Å². The van der Waals surface area contributed by atoms with Gasteiger partial charge in [0.05, 0.1) is 23.6 Å². The maximum Gasteiger partial charge on any atom is 0.129 e. The number of rotatable bonds is 4. The summed E-state index contributed by atoms with van der Waals surface area (Å²) in [4.78, 5) is 8.38. The van der Waals surface area contributed by atoms with E-state index in [-0.39, 0.29) is 18.0 Å². The van der Waals surface area contributed by atoms with Crippen LogP contribution < -0.4 is 5.32 Å². The van der Waals surface area contributed by atoms with Gasteiger partial charge < -0.3 is 5.32 Å².